The van der Waals surface area contributed by atoms with Crippen LogP contribution in [0.2, 0.25) is 0 Å². The van der Waals surface area contributed by atoms with E-state index in [1.807, 2.05) is 30.3 Å². The number of aliphatic hydroxyl groups is 1. The molecule has 2 rings (SSSR count). The molecule has 0 aliphatic heterocycles. The van der Waals surface area contributed by atoms with E-state index in [0.717, 1.165) is 29.9 Å². The van der Waals surface area contributed by atoms with Gasteiger partial charge in [0.1, 0.15) is 11.5 Å². The van der Waals surface area contributed by atoms with Crippen LogP contribution in [0.3, 0.4) is 0 Å². The van der Waals surface area contributed by atoms with Gasteiger partial charge in [0, 0.05) is 7.11 Å². The van der Waals surface area contributed by atoms with Crippen molar-refractivity contribution < 1.29 is 19.3 Å². The summed E-state index contributed by atoms with van der Waals surface area (Å²) in [7, 11) is 1.46. The first-order valence-electron chi connectivity index (χ1n) is 8.90. The van der Waals surface area contributed by atoms with E-state index in [9.17, 15) is 5.11 Å². The van der Waals surface area contributed by atoms with Crippen molar-refractivity contribution in [2.75, 3.05) is 20.3 Å². The Balaban J connectivity index is 1.64. The van der Waals surface area contributed by atoms with Gasteiger partial charge in [-0.15, -0.1) is 0 Å². The minimum atomic E-state index is -0.878. The number of rotatable bonds is 10. The molecular weight excluding hydrogens is 328 g/mol. The minimum absolute atomic E-state index is 0.660. The minimum Gasteiger partial charge on any atom is -0.494 e. The number of hydrogen-bond donors (Lipinski definition) is 1. The van der Waals surface area contributed by atoms with Crippen LogP contribution < -0.4 is 9.47 Å². The van der Waals surface area contributed by atoms with Crippen LogP contribution in [0.1, 0.15) is 29.5 Å². The van der Waals surface area contributed by atoms with E-state index in [4.69, 9.17) is 14.2 Å². The number of methoxy groups -OCH3 is 1. The predicted molar refractivity (Wildman–Crippen MR) is 105 cm³/mol. The molecule has 2 aromatic carbocycles. The van der Waals surface area contributed by atoms with Crippen LogP contribution in [-0.2, 0) is 4.74 Å². The van der Waals surface area contributed by atoms with Gasteiger partial charge < -0.3 is 19.3 Å². The topological polar surface area (TPSA) is 47.9 Å². The van der Waals surface area contributed by atoms with E-state index in [1.165, 1.54) is 18.2 Å². The fourth-order valence-corrected chi connectivity index (χ4v) is 2.55. The van der Waals surface area contributed by atoms with Gasteiger partial charge in [0.25, 0.3) is 0 Å². The molecule has 140 valence electrons. The summed E-state index contributed by atoms with van der Waals surface area (Å²) in [6.07, 6.45) is 4.40. The van der Waals surface area contributed by atoms with Crippen molar-refractivity contribution in [3.05, 3.63) is 65.2 Å². The third-order valence-electron chi connectivity index (χ3n) is 3.85. The van der Waals surface area contributed by atoms with Crippen LogP contribution in [0.4, 0.5) is 0 Å². The lowest BCUT2D eigenvalue weighted by atomic mass is 10.1. The summed E-state index contributed by atoms with van der Waals surface area (Å²) in [6, 6.07) is 14.0. The normalized spacial score (nSPS) is 12.3. The molecule has 0 fully saturated rings. The number of ether oxygens (including phenoxy) is 3. The molecule has 0 aliphatic carbocycles. The van der Waals surface area contributed by atoms with Crippen LogP contribution in [0, 0.1) is 13.8 Å². The Morgan fingerprint density at radius 3 is 2.04 bits per heavy atom. The van der Waals surface area contributed by atoms with Gasteiger partial charge >= 0.3 is 0 Å². The van der Waals surface area contributed by atoms with E-state index in [2.05, 4.69) is 32.0 Å². The van der Waals surface area contributed by atoms with Crippen LogP contribution >= 0.6 is 0 Å². The molecule has 0 aliphatic rings. The number of benzene rings is 2. The Labute approximate surface area is 156 Å². The Morgan fingerprint density at radius 1 is 0.885 bits per heavy atom. The maximum absolute atomic E-state index is 9.32. The van der Waals surface area contributed by atoms with Crippen LogP contribution in [0.5, 0.6) is 11.5 Å². The van der Waals surface area contributed by atoms with Gasteiger partial charge in [-0.2, -0.15) is 0 Å². The highest BCUT2D eigenvalue weighted by atomic mass is 16.6. The third-order valence-corrected chi connectivity index (χ3v) is 3.85. The molecule has 2 aromatic rings. The maximum Gasteiger partial charge on any atom is 0.174 e. The molecule has 0 aromatic heterocycles. The second-order valence-electron chi connectivity index (χ2n) is 6.28. The average Bonchev–Trinajstić information content (AvgIpc) is 2.62. The smallest absolute Gasteiger partial charge is 0.174 e. The van der Waals surface area contributed by atoms with Gasteiger partial charge in [-0.25, -0.2) is 0 Å². The zero-order chi connectivity index (χ0) is 18.8. The highest BCUT2D eigenvalue weighted by Gasteiger charge is 1.99. The second-order valence-corrected chi connectivity index (χ2v) is 6.28. The highest BCUT2D eigenvalue weighted by molar-refractivity contribution is 5.50. The predicted octanol–water partition coefficient (Wildman–Crippen LogP) is 4.52. The van der Waals surface area contributed by atoms with E-state index < -0.39 is 6.29 Å². The van der Waals surface area contributed by atoms with Crippen LogP contribution in [0.15, 0.2) is 48.5 Å². The molecule has 0 bridgehead atoms. The van der Waals surface area contributed by atoms with Crippen molar-refractivity contribution in [3.8, 4) is 11.5 Å². The van der Waals surface area contributed by atoms with Crippen molar-refractivity contribution in [2.24, 2.45) is 0 Å². The zero-order valence-electron chi connectivity index (χ0n) is 15.8. The Morgan fingerprint density at radius 2 is 1.46 bits per heavy atom. The molecule has 0 spiro atoms. The molecule has 0 saturated heterocycles. The first kappa shape index (κ1) is 20.0. The molecule has 1 atom stereocenters. The van der Waals surface area contributed by atoms with Crippen molar-refractivity contribution in [1.29, 1.82) is 0 Å². The van der Waals surface area contributed by atoms with E-state index >= 15 is 0 Å². The van der Waals surface area contributed by atoms with Gasteiger partial charge in [-0.05, 0) is 73.7 Å². The molecule has 0 saturated carbocycles. The molecule has 4 nitrogen and oxygen atoms in total. The summed E-state index contributed by atoms with van der Waals surface area (Å²) < 4.78 is 16.3. The summed E-state index contributed by atoms with van der Waals surface area (Å²) >= 11 is 0. The molecular formula is C22H28O4. The zero-order valence-corrected chi connectivity index (χ0v) is 15.8. The van der Waals surface area contributed by atoms with Crippen molar-refractivity contribution in [1.82, 2.24) is 0 Å². The molecule has 0 amide bonds. The number of aryl methyl sites for hydroxylation is 2. The fraction of sp³-hybridized carbons (Fsp3) is 0.364. The molecule has 0 radical (unpaired) electrons. The third kappa shape index (κ3) is 7.30. The highest BCUT2D eigenvalue weighted by Crippen LogP contribution is 2.17. The van der Waals surface area contributed by atoms with Gasteiger partial charge in [0.2, 0.25) is 0 Å². The Hall–Kier alpha value is -2.30. The number of unbranched alkanes of at least 4 members (excludes halogenated alkanes) is 1. The molecule has 0 heterocycles. The summed E-state index contributed by atoms with van der Waals surface area (Å²) in [6.45, 7) is 5.51. The van der Waals surface area contributed by atoms with Gasteiger partial charge in [0.15, 0.2) is 6.29 Å². The largest absolute Gasteiger partial charge is 0.494 e. The lowest BCUT2D eigenvalue weighted by Gasteiger charge is -2.09. The van der Waals surface area contributed by atoms with Crippen LogP contribution in [-0.4, -0.2) is 31.7 Å². The molecule has 26 heavy (non-hydrogen) atoms. The van der Waals surface area contributed by atoms with Crippen molar-refractivity contribution in [3.63, 3.8) is 0 Å². The summed E-state index contributed by atoms with van der Waals surface area (Å²) in [4.78, 5) is 0. The summed E-state index contributed by atoms with van der Waals surface area (Å²) in [5.74, 6) is 1.77. The molecule has 1 N–H and O–H groups in total. The van der Waals surface area contributed by atoms with Gasteiger partial charge in [-0.1, -0.05) is 24.3 Å². The van der Waals surface area contributed by atoms with E-state index in [1.54, 1.807) is 6.08 Å². The summed E-state index contributed by atoms with van der Waals surface area (Å²) in [5, 5.41) is 9.32. The second kappa shape index (κ2) is 10.6. The Bertz CT molecular complexity index is 672. The first-order valence-corrected chi connectivity index (χ1v) is 8.90. The fourth-order valence-electron chi connectivity index (χ4n) is 2.55. The Kier molecular flexibility index (Phi) is 8.19. The first-order chi connectivity index (χ1) is 12.6. The van der Waals surface area contributed by atoms with Gasteiger partial charge in [-0.3, -0.25) is 0 Å². The number of hydrogen-bond acceptors (Lipinski definition) is 4. The van der Waals surface area contributed by atoms with Crippen molar-refractivity contribution in [2.45, 2.75) is 33.0 Å². The standard InChI is InChI=1S/C22H28O4/c1-17-14-18(2)16-21(15-17)26-13-5-4-12-25-20-9-6-19(7-10-20)8-11-22(23)24-3/h6-11,14-16,22-23H,4-5,12-13H2,1-3H3/b11-8+. The SMILES string of the molecule is COC(O)/C=C/c1ccc(OCCCCOc2cc(C)cc(C)c2)cc1. The molecule has 4 heteroatoms. The summed E-state index contributed by atoms with van der Waals surface area (Å²) in [5.41, 5.74) is 3.42. The van der Waals surface area contributed by atoms with Crippen molar-refractivity contribution >= 4 is 6.08 Å². The monoisotopic (exact) mass is 356 g/mol. The van der Waals surface area contributed by atoms with E-state index in [-0.39, 0.29) is 0 Å². The van der Waals surface area contributed by atoms with E-state index in [0.29, 0.717) is 13.2 Å². The lowest BCUT2D eigenvalue weighted by Crippen LogP contribution is -2.03. The lowest BCUT2D eigenvalue weighted by molar-refractivity contribution is -0.0350. The molecule has 1 unspecified atom stereocenters. The average molecular weight is 356 g/mol. The van der Waals surface area contributed by atoms with Crippen LogP contribution in [0.25, 0.3) is 6.08 Å². The quantitative estimate of drug-likeness (QED) is 0.502. The number of aliphatic hydroxyl groups excluding tert-OH is 1. The maximum atomic E-state index is 9.32. The van der Waals surface area contributed by atoms with Gasteiger partial charge in [0.05, 0.1) is 13.2 Å².